The van der Waals surface area contributed by atoms with Crippen LogP contribution in [0.5, 0.6) is 5.75 Å². The number of fused-ring (bicyclic) bond motifs is 1. The second-order valence-electron chi connectivity index (χ2n) is 5.93. The first kappa shape index (κ1) is 20.0. The van der Waals surface area contributed by atoms with Gasteiger partial charge in [0.05, 0.1) is 18.8 Å². The highest BCUT2D eigenvalue weighted by Gasteiger charge is 2.21. The number of aromatic nitrogens is 1. The first-order valence-electron chi connectivity index (χ1n) is 8.26. The van der Waals surface area contributed by atoms with Gasteiger partial charge in [-0.05, 0) is 31.9 Å². The van der Waals surface area contributed by atoms with Crippen molar-refractivity contribution in [3.8, 4) is 5.75 Å². The van der Waals surface area contributed by atoms with E-state index in [2.05, 4.69) is 39.7 Å². The average Bonchev–Trinajstić information content (AvgIpc) is 2.93. The average molecular weight is 472 g/mol. The lowest BCUT2D eigenvalue weighted by Crippen LogP contribution is -2.39. The topological polar surface area (TPSA) is 58.5 Å². The Hall–Kier alpha value is -1.35. The molecule has 136 valence electrons. The highest BCUT2D eigenvalue weighted by molar-refractivity contribution is 14.0. The predicted octanol–water partition coefficient (Wildman–Crippen LogP) is 3.61. The van der Waals surface area contributed by atoms with E-state index < -0.39 is 0 Å². The Labute approximate surface area is 170 Å². The second-order valence-corrected chi connectivity index (χ2v) is 7.22. The van der Waals surface area contributed by atoms with Gasteiger partial charge in [0, 0.05) is 24.4 Å². The molecule has 0 amide bonds. The van der Waals surface area contributed by atoms with Crippen LogP contribution in [0.4, 0.5) is 0 Å². The van der Waals surface area contributed by atoms with Crippen molar-refractivity contribution in [3.63, 3.8) is 0 Å². The molecule has 5 nitrogen and oxygen atoms in total. The molecule has 0 saturated heterocycles. The van der Waals surface area contributed by atoms with Crippen molar-refractivity contribution in [2.24, 2.45) is 4.99 Å². The molecule has 1 aliphatic heterocycles. The summed E-state index contributed by atoms with van der Waals surface area (Å²) >= 11 is 1.73. The van der Waals surface area contributed by atoms with Crippen molar-refractivity contribution in [2.45, 2.75) is 32.7 Å². The van der Waals surface area contributed by atoms with Crippen LogP contribution >= 0.6 is 35.3 Å². The van der Waals surface area contributed by atoms with Crippen molar-refractivity contribution in [1.29, 1.82) is 0 Å². The first-order valence-corrected chi connectivity index (χ1v) is 9.08. The zero-order valence-electron chi connectivity index (χ0n) is 14.8. The summed E-state index contributed by atoms with van der Waals surface area (Å²) in [4.78, 5) is 10.1. The van der Waals surface area contributed by atoms with Crippen LogP contribution in [-0.2, 0) is 6.54 Å². The van der Waals surface area contributed by atoms with Gasteiger partial charge in [-0.2, -0.15) is 0 Å². The summed E-state index contributed by atoms with van der Waals surface area (Å²) in [6.45, 7) is 6.46. The van der Waals surface area contributed by atoms with Crippen LogP contribution in [0, 0.1) is 13.8 Å². The Morgan fingerprint density at radius 2 is 2.12 bits per heavy atom. The number of aliphatic imine (C=N–C) groups is 1. The van der Waals surface area contributed by atoms with E-state index in [9.17, 15) is 0 Å². The maximum atomic E-state index is 5.73. The van der Waals surface area contributed by atoms with E-state index in [1.54, 1.807) is 18.4 Å². The lowest BCUT2D eigenvalue weighted by molar-refractivity contribution is 0.267. The minimum atomic E-state index is 0. The molecular weight excluding hydrogens is 447 g/mol. The number of nitrogens with one attached hydrogen (secondary N) is 2. The number of ether oxygens (including phenoxy) is 1. The molecule has 1 unspecified atom stereocenters. The van der Waals surface area contributed by atoms with Gasteiger partial charge < -0.3 is 15.4 Å². The van der Waals surface area contributed by atoms with Gasteiger partial charge in [-0.3, -0.25) is 4.99 Å². The quantitative estimate of drug-likeness (QED) is 0.406. The zero-order chi connectivity index (χ0) is 16.9. The molecular formula is C18H25IN4OS. The molecule has 0 radical (unpaired) electrons. The molecule has 3 rings (SSSR count). The van der Waals surface area contributed by atoms with Crippen LogP contribution < -0.4 is 15.4 Å². The van der Waals surface area contributed by atoms with E-state index in [0.29, 0.717) is 12.5 Å². The number of aryl methyl sites for hydroxylation is 2. The normalized spacial score (nSPS) is 16.4. The summed E-state index contributed by atoms with van der Waals surface area (Å²) in [7, 11) is 1.80. The summed E-state index contributed by atoms with van der Waals surface area (Å²) in [6, 6.07) is 8.29. The van der Waals surface area contributed by atoms with Crippen LogP contribution in [0.3, 0.4) is 0 Å². The predicted molar refractivity (Wildman–Crippen MR) is 114 cm³/mol. The highest BCUT2D eigenvalue weighted by atomic mass is 127. The number of rotatable bonds is 4. The fourth-order valence-electron chi connectivity index (χ4n) is 2.84. The van der Waals surface area contributed by atoms with Gasteiger partial charge in [-0.15, -0.1) is 35.3 Å². The van der Waals surface area contributed by atoms with Crippen molar-refractivity contribution < 1.29 is 4.74 Å². The van der Waals surface area contributed by atoms with Gasteiger partial charge in [0.25, 0.3) is 0 Å². The molecule has 2 N–H and O–H groups in total. The number of benzene rings is 1. The largest absolute Gasteiger partial charge is 0.493 e. The Morgan fingerprint density at radius 3 is 2.84 bits per heavy atom. The number of para-hydroxylation sites is 1. The maximum absolute atomic E-state index is 5.73. The van der Waals surface area contributed by atoms with Crippen molar-refractivity contribution >= 4 is 41.3 Å². The molecule has 0 fully saturated rings. The summed E-state index contributed by atoms with van der Waals surface area (Å²) in [5, 5.41) is 7.86. The summed E-state index contributed by atoms with van der Waals surface area (Å²) in [5.74, 6) is 2.26. The van der Waals surface area contributed by atoms with E-state index in [-0.39, 0.29) is 24.0 Å². The molecule has 0 spiro atoms. The number of guanidine groups is 1. The molecule has 7 heteroatoms. The maximum Gasteiger partial charge on any atom is 0.191 e. The third kappa shape index (κ3) is 5.07. The minimum Gasteiger partial charge on any atom is -0.493 e. The third-order valence-electron chi connectivity index (χ3n) is 4.30. The van der Waals surface area contributed by atoms with E-state index in [4.69, 9.17) is 4.74 Å². The van der Waals surface area contributed by atoms with Crippen LogP contribution in [-0.4, -0.2) is 31.1 Å². The Balaban J connectivity index is 0.00000225. The van der Waals surface area contributed by atoms with Crippen molar-refractivity contribution in [2.75, 3.05) is 20.2 Å². The van der Waals surface area contributed by atoms with Gasteiger partial charge >= 0.3 is 0 Å². The van der Waals surface area contributed by atoms with Gasteiger partial charge in [0.15, 0.2) is 5.96 Å². The van der Waals surface area contributed by atoms with Gasteiger partial charge in [-0.25, -0.2) is 4.98 Å². The van der Waals surface area contributed by atoms with E-state index >= 15 is 0 Å². The number of thiazole rings is 1. The summed E-state index contributed by atoms with van der Waals surface area (Å²) in [5.41, 5.74) is 2.39. The number of halogens is 1. The Bertz CT molecular complexity index is 712. The lowest BCUT2D eigenvalue weighted by Gasteiger charge is -2.26. The lowest BCUT2D eigenvalue weighted by atomic mass is 9.93. The molecule has 2 heterocycles. The molecule has 1 aromatic heterocycles. The standard InChI is InChI=1S/C18H24N4OS.HI/c1-12-13(2)24-17(22-12)11-21-18(19-3)20-10-14-8-9-23-16-7-5-4-6-15(14)16;/h4-7,14H,8-11H2,1-3H3,(H2,19,20,21);1H. The molecule has 0 aliphatic carbocycles. The number of hydrogen-bond acceptors (Lipinski definition) is 4. The van der Waals surface area contributed by atoms with Crippen LogP contribution in [0.2, 0.25) is 0 Å². The molecule has 0 saturated carbocycles. The molecule has 1 aromatic carbocycles. The van der Waals surface area contributed by atoms with E-state index in [0.717, 1.165) is 42.0 Å². The molecule has 0 bridgehead atoms. The highest BCUT2D eigenvalue weighted by Crippen LogP contribution is 2.32. The second kappa shape index (κ2) is 9.38. The summed E-state index contributed by atoms with van der Waals surface area (Å²) in [6.07, 6.45) is 1.02. The van der Waals surface area contributed by atoms with Crippen LogP contribution in [0.15, 0.2) is 29.3 Å². The van der Waals surface area contributed by atoms with Crippen LogP contribution in [0.25, 0.3) is 0 Å². The molecule has 2 aromatic rings. The summed E-state index contributed by atoms with van der Waals surface area (Å²) < 4.78 is 5.73. The van der Waals surface area contributed by atoms with E-state index in [1.807, 2.05) is 19.1 Å². The first-order chi connectivity index (χ1) is 11.7. The smallest absolute Gasteiger partial charge is 0.191 e. The fourth-order valence-corrected chi connectivity index (χ4v) is 3.72. The number of hydrogen-bond donors (Lipinski definition) is 2. The van der Waals surface area contributed by atoms with Crippen LogP contribution in [0.1, 0.15) is 33.5 Å². The van der Waals surface area contributed by atoms with Gasteiger partial charge in [0.2, 0.25) is 0 Å². The van der Waals surface area contributed by atoms with Gasteiger partial charge in [0.1, 0.15) is 10.8 Å². The number of nitrogens with zero attached hydrogens (tertiary/aromatic N) is 2. The van der Waals surface area contributed by atoms with Crippen molar-refractivity contribution in [3.05, 3.63) is 45.4 Å². The zero-order valence-corrected chi connectivity index (χ0v) is 18.0. The van der Waals surface area contributed by atoms with Gasteiger partial charge in [-0.1, -0.05) is 18.2 Å². The molecule has 25 heavy (non-hydrogen) atoms. The Morgan fingerprint density at radius 1 is 1.32 bits per heavy atom. The van der Waals surface area contributed by atoms with Crippen molar-refractivity contribution in [1.82, 2.24) is 15.6 Å². The molecule has 1 atom stereocenters. The monoisotopic (exact) mass is 472 g/mol. The van der Waals surface area contributed by atoms with E-state index in [1.165, 1.54) is 10.4 Å². The third-order valence-corrected chi connectivity index (χ3v) is 5.37. The Kier molecular flexibility index (Phi) is 7.49. The SMILES string of the molecule is CN=C(NCc1nc(C)c(C)s1)NCC1CCOc2ccccc21.I. The fraction of sp³-hybridized carbons (Fsp3) is 0.444. The minimum absolute atomic E-state index is 0. The molecule has 1 aliphatic rings.